The Labute approximate surface area is 173 Å². The summed E-state index contributed by atoms with van der Waals surface area (Å²) in [5.74, 6) is 0.0387. The van der Waals surface area contributed by atoms with Crippen LogP contribution in [-0.2, 0) is 33.7 Å². The first kappa shape index (κ1) is 19.8. The maximum absolute atomic E-state index is 13.5. The number of thiophene rings is 1. The molecule has 152 valence electrons. The number of esters is 1. The zero-order chi connectivity index (χ0) is 20.4. The van der Waals surface area contributed by atoms with Gasteiger partial charge in [0.15, 0.2) is 0 Å². The summed E-state index contributed by atoms with van der Waals surface area (Å²) in [6.45, 7) is 2.31. The molecular weight excluding hydrogens is 388 g/mol. The Hall–Kier alpha value is -2.51. The molecule has 3 aromatic rings. The second-order valence-electron chi connectivity index (χ2n) is 7.30. The third kappa shape index (κ3) is 3.97. The molecule has 0 aliphatic heterocycles. The molecule has 1 aliphatic carbocycles. The van der Waals surface area contributed by atoms with Crippen molar-refractivity contribution in [1.82, 2.24) is 9.55 Å². The highest BCUT2D eigenvalue weighted by Crippen LogP contribution is 2.34. The zero-order valence-corrected chi connectivity index (χ0v) is 17.5. The predicted molar refractivity (Wildman–Crippen MR) is 114 cm³/mol. The van der Waals surface area contributed by atoms with E-state index in [1.54, 1.807) is 18.4 Å². The molecule has 0 saturated carbocycles. The number of ether oxygens (including phenoxy) is 2. The van der Waals surface area contributed by atoms with Crippen molar-refractivity contribution in [3.63, 3.8) is 0 Å². The lowest BCUT2D eigenvalue weighted by Crippen LogP contribution is -2.28. The molecule has 0 amide bonds. The Balaban J connectivity index is 1.85. The van der Waals surface area contributed by atoms with Gasteiger partial charge >= 0.3 is 5.97 Å². The molecule has 4 rings (SSSR count). The lowest BCUT2D eigenvalue weighted by molar-refractivity contribution is -0.145. The quantitative estimate of drug-likeness (QED) is 0.458. The van der Waals surface area contributed by atoms with Gasteiger partial charge in [-0.2, -0.15) is 0 Å². The smallest absolute Gasteiger partial charge is 0.326 e. The molecule has 0 radical (unpaired) electrons. The fraction of sp³-hybridized carbons (Fsp3) is 0.409. The first-order chi connectivity index (χ1) is 14.1. The third-order valence-corrected chi connectivity index (χ3v) is 6.37. The van der Waals surface area contributed by atoms with Crippen LogP contribution in [0.3, 0.4) is 0 Å². The van der Waals surface area contributed by atoms with Gasteiger partial charge in [0, 0.05) is 17.6 Å². The van der Waals surface area contributed by atoms with Crippen molar-refractivity contribution >= 4 is 27.5 Å². The molecule has 6 nitrogen and oxygen atoms in total. The van der Waals surface area contributed by atoms with Gasteiger partial charge in [0.1, 0.15) is 23.8 Å². The van der Waals surface area contributed by atoms with Gasteiger partial charge in [-0.3, -0.25) is 14.2 Å². The molecule has 2 heterocycles. The lowest BCUT2D eigenvalue weighted by Gasteiger charge is -2.14. The van der Waals surface area contributed by atoms with Crippen LogP contribution in [0.1, 0.15) is 28.8 Å². The number of aryl methyl sites for hydroxylation is 3. The van der Waals surface area contributed by atoms with Crippen molar-refractivity contribution in [1.29, 1.82) is 0 Å². The number of benzene rings is 1. The summed E-state index contributed by atoms with van der Waals surface area (Å²) in [5, 5.41) is 0.672. The SMILES string of the molecule is COCCOC(=O)Cn1c(-c2cccc(C)c2)nc2sc3c(c2c1=O)CCCC3. The van der Waals surface area contributed by atoms with E-state index in [9.17, 15) is 9.59 Å². The molecule has 0 N–H and O–H groups in total. The molecule has 7 heteroatoms. The number of methoxy groups -OCH3 is 1. The standard InChI is InChI=1S/C22H24N2O4S/c1-14-6-5-7-15(12-14)20-23-21-19(16-8-3-4-9-17(16)29-21)22(26)24(20)13-18(25)28-11-10-27-2/h5-7,12H,3-4,8-11,13H2,1-2H3. The Kier molecular flexibility index (Phi) is 5.78. The van der Waals surface area contributed by atoms with Gasteiger partial charge in [-0.05, 0) is 44.2 Å². The molecule has 0 atom stereocenters. The number of aromatic nitrogens is 2. The average molecular weight is 413 g/mol. The number of nitrogens with zero attached hydrogens (tertiary/aromatic N) is 2. The average Bonchev–Trinajstić information content (AvgIpc) is 3.09. The van der Waals surface area contributed by atoms with Gasteiger partial charge in [0.25, 0.3) is 5.56 Å². The normalized spacial score (nSPS) is 13.4. The van der Waals surface area contributed by atoms with Crippen LogP contribution in [0.2, 0.25) is 0 Å². The number of hydrogen-bond acceptors (Lipinski definition) is 6. The van der Waals surface area contributed by atoms with Crippen LogP contribution in [0.25, 0.3) is 21.6 Å². The summed E-state index contributed by atoms with van der Waals surface area (Å²) in [4.78, 5) is 32.8. The van der Waals surface area contributed by atoms with Gasteiger partial charge in [-0.1, -0.05) is 23.8 Å². The highest BCUT2D eigenvalue weighted by atomic mass is 32.1. The maximum atomic E-state index is 13.5. The zero-order valence-electron chi connectivity index (χ0n) is 16.7. The molecule has 0 spiro atoms. The summed E-state index contributed by atoms with van der Waals surface area (Å²) < 4.78 is 11.6. The van der Waals surface area contributed by atoms with E-state index in [0.717, 1.165) is 47.2 Å². The van der Waals surface area contributed by atoms with E-state index < -0.39 is 5.97 Å². The van der Waals surface area contributed by atoms with Gasteiger partial charge < -0.3 is 9.47 Å². The van der Waals surface area contributed by atoms with E-state index in [0.29, 0.717) is 17.8 Å². The summed E-state index contributed by atoms with van der Waals surface area (Å²) in [5.41, 5.74) is 2.84. The van der Waals surface area contributed by atoms with Crippen LogP contribution < -0.4 is 5.56 Å². The minimum atomic E-state index is -0.469. The number of hydrogen-bond donors (Lipinski definition) is 0. The van der Waals surface area contributed by atoms with Crippen molar-refractivity contribution in [3.05, 3.63) is 50.6 Å². The molecule has 0 unspecified atom stereocenters. The van der Waals surface area contributed by atoms with Crippen LogP contribution in [0, 0.1) is 6.92 Å². The van der Waals surface area contributed by atoms with Crippen molar-refractivity contribution in [2.75, 3.05) is 20.3 Å². The summed E-state index contributed by atoms with van der Waals surface area (Å²) >= 11 is 1.61. The highest BCUT2D eigenvalue weighted by molar-refractivity contribution is 7.18. The topological polar surface area (TPSA) is 70.4 Å². The van der Waals surface area contributed by atoms with Crippen LogP contribution in [0.15, 0.2) is 29.1 Å². The first-order valence-electron chi connectivity index (χ1n) is 9.85. The van der Waals surface area contributed by atoms with E-state index in [1.165, 1.54) is 9.44 Å². The van der Waals surface area contributed by atoms with Crippen molar-refractivity contribution in [2.24, 2.45) is 0 Å². The fourth-order valence-corrected chi connectivity index (χ4v) is 5.06. The fourth-order valence-electron chi connectivity index (χ4n) is 3.80. The summed E-state index contributed by atoms with van der Waals surface area (Å²) in [6.07, 6.45) is 4.12. The second kappa shape index (κ2) is 8.47. The molecule has 29 heavy (non-hydrogen) atoms. The minimum Gasteiger partial charge on any atom is -0.462 e. The molecule has 0 fully saturated rings. The van der Waals surface area contributed by atoms with E-state index in [2.05, 4.69) is 0 Å². The number of fused-ring (bicyclic) bond motifs is 3. The number of carbonyl (C=O) groups is 1. The molecule has 0 saturated heterocycles. The molecule has 2 aromatic heterocycles. The van der Waals surface area contributed by atoms with E-state index >= 15 is 0 Å². The van der Waals surface area contributed by atoms with Gasteiger partial charge in [-0.15, -0.1) is 11.3 Å². The van der Waals surface area contributed by atoms with Crippen LogP contribution in [-0.4, -0.2) is 35.8 Å². The number of rotatable bonds is 6. The van der Waals surface area contributed by atoms with Gasteiger partial charge in [0.2, 0.25) is 0 Å². The number of carbonyl (C=O) groups excluding carboxylic acids is 1. The highest BCUT2D eigenvalue weighted by Gasteiger charge is 2.23. The predicted octanol–water partition coefficient (Wildman–Crippen LogP) is 3.50. The van der Waals surface area contributed by atoms with E-state index in [1.807, 2.05) is 31.2 Å². The Morgan fingerprint density at radius 2 is 2.07 bits per heavy atom. The lowest BCUT2D eigenvalue weighted by atomic mass is 9.97. The third-order valence-electron chi connectivity index (χ3n) is 5.19. The minimum absolute atomic E-state index is 0.158. The Morgan fingerprint density at radius 3 is 2.86 bits per heavy atom. The largest absolute Gasteiger partial charge is 0.462 e. The van der Waals surface area contributed by atoms with Gasteiger partial charge in [0.05, 0.1) is 12.0 Å². The van der Waals surface area contributed by atoms with E-state index in [-0.39, 0.29) is 18.7 Å². The van der Waals surface area contributed by atoms with Crippen LogP contribution in [0.5, 0.6) is 0 Å². The van der Waals surface area contributed by atoms with Crippen molar-refractivity contribution in [3.8, 4) is 11.4 Å². The second-order valence-corrected chi connectivity index (χ2v) is 8.38. The molecule has 1 aromatic carbocycles. The maximum Gasteiger partial charge on any atom is 0.326 e. The van der Waals surface area contributed by atoms with Crippen LogP contribution in [0.4, 0.5) is 0 Å². The first-order valence-corrected chi connectivity index (χ1v) is 10.7. The molecule has 0 bridgehead atoms. The van der Waals surface area contributed by atoms with Crippen molar-refractivity contribution in [2.45, 2.75) is 39.2 Å². The van der Waals surface area contributed by atoms with Gasteiger partial charge in [-0.25, -0.2) is 4.98 Å². The summed E-state index contributed by atoms with van der Waals surface area (Å²) in [7, 11) is 1.55. The van der Waals surface area contributed by atoms with Crippen molar-refractivity contribution < 1.29 is 14.3 Å². The van der Waals surface area contributed by atoms with E-state index in [4.69, 9.17) is 14.5 Å². The van der Waals surface area contributed by atoms with Crippen LogP contribution >= 0.6 is 11.3 Å². The molecular formula is C22H24N2O4S. The Bertz CT molecular complexity index is 1120. The monoisotopic (exact) mass is 412 g/mol. The molecule has 1 aliphatic rings. The summed E-state index contributed by atoms with van der Waals surface area (Å²) in [6, 6.07) is 7.82. The Morgan fingerprint density at radius 1 is 1.24 bits per heavy atom.